The second-order valence-corrected chi connectivity index (χ2v) is 83.9. The Morgan fingerprint density at radius 3 is 0.740 bits per heavy atom. The van der Waals surface area contributed by atoms with Crippen LogP contribution in [0.4, 0.5) is 0 Å². The maximum atomic E-state index is 7.82. The van der Waals surface area contributed by atoms with Crippen molar-refractivity contribution in [3.8, 4) is 12.1 Å². The van der Waals surface area contributed by atoms with Gasteiger partial charge in [0.05, 0.1) is 12.1 Å². The number of hydrogen-bond donors (Lipinski definition) is 0. The van der Waals surface area contributed by atoms with E-state index in [1.54, 1.807) is 12.1 Å². The number of halogens is 6. The molecule has 0 N–H and O–H groups in total. The molecule has 20 heteroatoms. The second-order valence-electron chi connectivity index (χ2n) is 17.1. The van der Waals surface area contributed by atoms with Crippen molar-refractivity contribution < 1.29 is 29.4 Å². The van der Waals surface area contributed by atoms with Crippen LogP contribution in [0.25, 0.3) is 0 Å². The van der Waals surface area contributed by atoms with Crippen LogP contribution in [-0.2, 0) is 2.93 Å². The maximum absolute atomic E-state index is 7.82. The van der Waals surface area contributed by atoms with E-state index in [1.807, 2.05) is 0 Å². The van der Waals surface area contributed by atoms with Gasteiger partial charge in [0.25, 0.3) is 0 Å². The molecule has 3 rings (SSSR count). The van der Waals surface area contributed by atoms with Crippen molar-refractivity contribution in [3.05, 3.63) is 0 Å². The summed E-state index contributed by atoms with van der Waals surface area (Å²) >= 11 is -0.612. The molecule has 0 aromatic rings. The molecule has 3 fully saturated rings. The predicted octanol–water partition coefficient (Wildman–Crippen LogP) is 3.37. The molecule has 0 unspecified atom stereocenters. The third kappa shape index (κ3) is 14.7. The summed E-state index contributed by atoms with van der Waals surface area (Å²) < 4.78 is 32.4. The minimum atomic E-state index is -3.50. The van der Waals surface area contributed by atoms with Crippen molar-refractivity contribution in [3.63, 3.8) is 0 Å². The van der Waals surface area contributed by atoms with E-state index < -0.39 is 79.8 Å². The van der Waals surface area contributed by atoms with E-state index in [9.17, 15) is 0 Å². The van der Waals surface area contributed by atoms with E-state index >= 15 is 0 Å². The van der Waals surface area contributed by atoms with Gasteiger partial charge in [-0.25, -0.2) is 0 Å². The fourth-order valence-electron chi connectivity index (χ4n) is 4.32. The van der Waals surface area contributed by atoms with Gasteiger partial charge in [0.2, 0.25) is 0 Å². The van der Waals surface area contributed by atoms with E-state index in [0.29, 0.717) is 26.5 Å². The molecule has 3 aliphatic rings. The summed E-state index contributed by atoms with van der Waals surface area (Å²) in [5.41, 5.74) is 0.221. The van der Waals surface area contributed by atoms with E-state index in [-0.39, 0.29) is 33.2 Å². The van der Waals surface area contributed by atoms with Gasteiger partial charge in [0.15, 0.2) is 0 Å². The van der Waals surface area contributed by atoms with Crippen molar-refractivity contribution in [2.45, 2.75) is 172 Å². The molecule has 3 heterocycles. The van der Waals surface area contributed by atoms with Gasteiger partial charge in [-0.2, -0.15) is 10.5 Å². The average molecular weight is 1840 g/mol. The van der Waals surface area contributed by atoms with Crippen LogP contribution in [0, 0.1) is 22.7 Å². The van der Waals surface area contributed by atoms with Crippen molar-refractivity contribution >= 4 is 154 Å². The Balaban J connectivity index is 0. The van der Waals surface area contributed by atoms with Gasteiger partial charge in [-0.05, 0) is 0 Å². The van der Waals surface area contributed by atoms with Gasteiger partial charge >= 0.3 is 368 Å². The fraction of sp³-hybridized carbons (Fsp3) is 0.933. The number of hydrogen-bond acceptors (Lipinski definition) is 10. The molecule has 0 atom stereocenters. The summed E-state index contributed by atoms with van der Waals surface area (Å²) in [7, 11) is 4.68. The average Bonchev–Trinajstić information content (AvgIpc) is 2.78. The Hall–Kier alpha value is 6.20. The van der Waals surface area contributed by atoms with Gasteiger partial charge < -0.3 is 0 Å². The predicted molar refractivity (Wildman–Crippen MR) is 245 cm³/mol. The molecule has 0 bridgehead atoms. The van der Waals surface area contributed by atoms with E-state index in [2.05, 4.69) is 225 Å². The molecule has 2 spiro atoms. The van der Waals surface area contributed by atoms with Crippen LogP contribution in [0.2, 0.25) is 0 Å². The van der Waals surface area contributed by atoms with Crippen molar-refractivity contribution in [1.82, 2.24) is 11.9 Å². The first-order valence-corrected chi connectivity index (χ1v) is 55.1. The Morgan fingerprint density at radius 1 is 0.500 bits per heavy atom. The van der Waals surface area contributed by atoms with Gasteiger partial charge in [0, 0.05) is 13.8 Å². The van der Waals surface area contributed by atoms with Crippen molar-refractivity contribution in [2.75, 3.05) is 14.1 Å². The summed E-state index contributed by atoms with van der Waals surface area (Å²) in [6.07, 6.45) is 0. The van der Waals surface area contributed by atoms with E-state index in [4.69, 9.17) is 13.5 Å². The summed E-state index contributed by atoms with van der Waals surface area (Å²) in [6, 6.07) is 3.50. The summed E-state index contributed by atoms with van der Waals surface area (Å²) in [5.74, 6) is 0. The molecule has 0 radical (unpaired) electrons. The SMILES string of the molecule is CC#N.CC#N.CN([Te+]1N(C(C)(C)C)[Te]2(O[Te]3(O2)N(C(C)(C)C)[Te+](N(C)C(C)(C)C)N3C(C)(C)C)N1C(C)(C)C)C(C)(C)C.I[I-]I.I[I-]I. The Bertz CT molecular complexity index is 1000. The topological polar surface area (TPSA) is 85.5 Å². The van der Waals surface area contributed by atoms with E-state index in [0.717, 1.165) is 0 Å². The van der Waals surface area contributed by atoms with Crippen LogP contribution < -0.4 is 26.5 Å². The molecule has 3 aliphatic heterocycles. The first-order valence-electron chi connectivity index (χ1n) is 15.7. The zero-order chi connectivity index (χ0) is 40.9. The van der Waals surface area contributed by atoms with Gasteiger partial charge in [-0.3, -0.25) is 0 Å². The monoisotopic (exact) mass is 1850 g/mol. The number of nitriles is 2. The Morgan fingerprint density at radius 2 is 0.640 bits per heavy atom. The first-order chi connectivity index (χ1) is 22.1. The molecule has 0 aromatic heterocycles. The minimum absolute atomic E-state index is 0.00786. The van der Waals surface area contributed by atoms with Crippen LogP contribution in [0.15, 0.2) is 0 Å². The van der Waals surface area contributed by atoms with Crippen LogP contribution in [0.1, 0.15) is 138 Å². The standard InChI is InChI=1S/C26H60N6O2Te4.2C2H3N.2I3/c1-21(2,3)27(19)35-29(23(7,8)9)37(30(35)24(10,11)12)33-38(34-37)31(25(13,14)15)36(28(20)22(4,5)6)32(38)26(16,17)18;2*1-2-3;2*1-3-2/h1-20H3;2*1H3;;/q+2;;;2*-1. The molecule has 304 valence electrons. The van der Waals surface area contributed by atoms with E-state index in [1.165, 1.54) is 13.8 Å². The molecule has 3 saturated heterocycles. The third-order valence-corrected chi connectivity index (χ3v) is 73.2. The van der Waals surface area contributed by atoms with Gasteiger partial charge in [-0.1, -0.05) is 0 Å². The number of nitrogens with zero attached hydrogens (tertiary/aromatic N) is 8. The van der Waals surface area contributed by atoms with Crippen LogP contribution in [-0.4, -0.2) is 139 Å². The Labute approximate surface area is 395 Å². The number of rotatable bonds is 2. The third-order valence-electron chi connectivity index (χ3n) is 6.36. The van der Waals surface area contributed by atoms with Gasteiger partial charge in [-0.15, -0.1) is 0 Å². The zero-order valence-electron chi connectivity index (χ0n) is 34.3. The quantitative estimate of drug-likeness (QED) is 0.304. The molecule has 0 aromatic carbocycles. The van der Waals surface area contributed by atoms with Crippen LogP contribution >= 0.6 is 74.5 Å². The van der Waals surface area contributed by atoms with Crippen LogP contribution in [0.5, 0.6) is 0 Å². The van der Waals surface area contributed by atoms with Crippen molar-refractivity contribution in [2.24, 2.45) is 0 Å². The summed E-state index contributed by atoms with van der Waals surface area (Å²) in [5, 5.41) is 14.6. The fourth-order valence-corrected chi connectivity index (χ4v) is 97.9. The molecular weight excluding hydrogens is 1780 g/mol. The van der Waals surface area contributed by atoms with Crippen LogP contribution in [0.3, 0.4) is 0 Å². The zero-order valence-corrected chi connectivity index (χ0v) is 56.6. The molecule has 0 saturated carbocycles. The summed E-state index contributed by atoms with van der Waals surface area (Å²) in [4.78, 5) is 0. The van der Waals surface area contributed by atoms with Gasteiger partial charge in [0.1, 0.15) is 0 Å². The molecular formula is C30H66I6N8O2Te4. The molecule has 50 heavy (non-hydrogen) atoms. The Kier molecular flexibility index (Phi) is 26.7. The normalized spacial score (nSPS) is 21.8. The first kappa shape index (κ1) is 58.3. The summed E-state index contributed by atoms with van der Waals surface area (Å²) in [6.45, 7) is 45.5. The molecule has 0 amide bonds. The van der Waals surface area contributed by atoms with Crippen molar-refractivity contribution in [1.29, 1.82) is 10.5 Å². The molecule has 0 aliphatic carbocycles. The molecule has 10 nitrogen and oxygen atoms in total. The second kappa shape index (κ2) is 22.9.